The first-order chi connectivity index (χ1) is 15.1. The third-order valence-corrected chi connectivity index (χ3v) is 6.09. The molecule has 6 heteroatoms. The predicted octanol–water partition coefficient (Wildman–Crippen LogP) is 4.63. The molecule has 1 saturated heterocycles. The number of likely N-dealkylation sites (tertiary alicyclic amines) is 1. The lowest BCUT2D eigenvalue weighted by atomic mass is 9.87. The van der Waals surface area contributed by atoms with Crippen molar-refractivity contribution in [2.75, 3.05) is 19.7 Å². The van der Waals surface area contributed by atoms with Gasteiger partial charge in [0.25, 0.3) is 0 Å². The van der Waals surface area contributed by atoms with Gasteiger partial charge in [0.1, 0.15) is 5.82 Å². The Morgan fingerprint density at radius 1 is 1.16 bits per heavy atom. The van der Waals surface area contributed by atoms with Crippen molar-refractivity contribution in [2.24, 2.45) is 5.92 Å². The number of fused-ring (bicyclic) bond motifs is 1. The number of aromatic nitrogens is 1. The summed E-state index contributed by atoms with van der Waals surface area (Å²) in [4.78, 5) is 30.3. The number of benzene rings is 2. The molecule has 0 spiro atoms. The second kappa shape index (κ2) is 9.33. The molecule has 2 heterocycles. The molecular formula is C25H27FN2O3. The molecule has 162 valence electrons. The minimum absolute atomic E-state index is 0.0156. The Hall–Kier alpha value is -3.15. The zero-order chi connectivity index (χ0) is 21.8. The standard InChI is InChI=1S/C25H27FN2O3/c1-2-31-25(30)17-10-12-28(13-11-17)24(29)15-21(18-6-5-7-19(26)14-18)22-16-27-23-9-4-3-8-20(22)23/h3-9,14,16-17,21,27H,2,10-13,15H2,1H3/t21-/m1/s1. The van der Waals surface area contributed by atoms with Gasteiger partial charge in [0.2, 0.25) is 5.91 Å². The molecule has 3 aromatic rings. The lowest BCUT2D eigenvalue weighted by Crippen LogP contribution is -2.41. The maximum Gasteiger partial charge on any atom is 0.309 e. The third-order valence-electron chi connectivity index (χ3n) is 6.09. The highest BCUT2D eigenvalue weighted by atomic mass is 19.1. The molecule has 1 atom stereocenters. The number of ether oxygens (including phenoxy) is 1. The van der Waals surface area contributed by atoms with E-state index in [0.29, 0.717) is 32.5 Å². The molecule has 0 aliphatic carbocycles. The number of nitrogens with one attached hydrogen (secondary N) is 1. The number of piperidine rings is 1. The van der Waals surface area contributed by atoms with Crippen LogP contribution >= 0.6 is 0 Å². The number of nitrogens with zero attached hydrogens (tertiary/aromatic N) is 1. The molecule has 0 saturated carbocycles. The maximum absolute atomic E-state index is 14.0. The minimum Gasteiger partial charge on any atom is -0.466 e. The van der Waals surface area contributed by atoms with Crippen molar-refractivity contribution in [1.82, 2.24) is 9.88 Å². The van der Waals surface area contributed by atoms with Gasteiger partial charge in [-0.1, -0.05) is 30.3 Å². The molecule has 1 aliphatic rings. The van der Waals surface area contributed by atoms with Crippen LogP contribution in [-0.2, 0) is 14.3 Å². The largest absolute Gasteiger partial charge is 0.466 e. The number of esters is 1. The summed E-state index contributed by atoms with van der Waals surface area (Å²) in [5.41, 5.74) is 2.75. The van der Waals surface area contributed by atoms with Crippen molar-refractivity contribution in [1.29, 1.82) is 0 Å². The fraction of sp³-hybridized carbons (Fsp3) is 0.360. The molecule has 4 rings (SSSR count). The Labute approximate surface area is 181 Å². The molecule has 31 heavy (non-hydrogen) atoms. The quantitative estimate of drug-likeness (QED) is 0.589. The van der Waals surface area contributed by atoms with Crippen LogP contribution < -0.4 is 0 Å². The summed E-state index contributed by atoms with van der Waals surface area (Å²) >= 11 is 0. The molecule has 1 amide bonds. The van der Waals surface area contributed by atoms with Crippen LogP contribution in [0.1, 0.15) is 43.2 Å². The van der Waals surface area contributed by atoms with Crippen LogP contribution in [-0.4, -0.2) is 41.5 Å². The zero-order valence-corrected chi connectivity index (χ0v) is 17.6. The van der Waals surface area contributed by atoms with Gasteiger partial charge in [0.05, 0.1) is 12.5 Å². The van der Waals surface area contributed by atoms with Crippen molar-refractivity contribution >= 4 is 22.8 Å². The van der Waals surface area contributed by atoms with E-state index in [1.54, 1.807) is 13.0 Å². The van der Waals surface area contributed by atoms with E-state index in [0.717, 1.165) is 22.0 Å². The highest BCUT2D eigenvalue weighted by molar-refractivity contribution is 5.86. The van der Waals surface area contributed by atoms with Crippen molar-refractivity contribution < 1.29 is 18.7 Å². The Morgan fingerprint density at radius 3 is 2.68 bits per heavy atom. The number of hydrogen-bond acceptors (Lipinski definition) is 3. The van der Waals surface area contributed by atoms with Crippen molar-refractivity contribution in [3.63, 3.8) is 0 Å². The summed E-state index contributed by atoms with van der Waals surface area (Å²) in [5, 5.41) is 1.03. The van der Waals surface area contributed by atoms with Gasteiger partial charge >= 0.3 is 5.97 Å². The molecule has 0 radical (unpaired) electrons. The molecule has 0 bridgehead atoms. The van der Waals surface area contributed by atoms with Gasteiger partial charge < -0.3 is 14.6 Å². The lowest BCUT2D eigenvalue weighted by molar-refractivity contribution is -0.151. The molecule has 1 aromatic heterocycles. The van der Waals surface area contributed by atoms with Crippen LogP contribution in [0, 0.1) is 11.7 Å². The first-order valence-corrected chi connectivity index (χ1v) is 10.8. The van der Waals surface area contributed by atoms with Gasteiger partial charge in [-0.25, -0.2) is 4.39 Å². The number of amides is 1. The molecule has 1 fully saturated rings. The first-order valence-electron chi connectivity index (χ1n) is 10.8. The number of aromatic amines is 1. The number of hydrogen-bond donors (Lipinski definition) is 1. The number of rotatable bonds is 6. The van der Waals surface area contributed by atoms with E-state index in [-0.39, 0.29) is 36.0 Å². The second-order valence-corrected chi connectivity index (χ2v) is 8.01. The average Bonchev–Trinajstić information content (AvgIpc) is 3.21. The average molecular weight is 423 g/mol. The summed E-state index contributed by atoms with van der Waals surface area (Å²) in [6.45, 7) is 3.24. The monoisotopic (exact) mass is 422 g/mol. The number of carbonyl (C=O) groups is 2. The Morgan fingerprint density at radius 2 is 1.94 bits per heavy atom. The molecule has 2 aromatic carbocycles. The Balaban J connectivity index is 1.55. The number of H-pyrrole nitrogens is 1. The van der Waals surface area contributed by atoms with E-state index in [1.807, 2.05) is 41.4 Å². The molecule has 0 unspecified atom stereocenters. The summed E-state index contributed by atoms with van der Waals surface area (Å²) < 4.78 is 19.1. The summed E-state index contributed by atoms with van der Waals surface area (Å²) in [6, 6.07) is 14.4. The highest BCUT2D eigenvalue weighted by Gasteiger charge is 2.30. The third kappa shape index (κ3) is 4.63. The van der Waals surface area contributed by atoms with E-state index in [9.17, 15) is 14.0 Å². The van der Waals surface area contributed by atoms with Crippen LogP contribution in [0.15, 0.2) is 54.7 Å². The van der Waals surface area contributed by atoms with Crippen LogP contribution in [0.2, 0.25) is 0 Å². The van der Waals surface area contributed by atoms with Crippen molar-refractivity contribution in [2.45, 2.75) is 32.1 Å². The molecule has 1 N–H and O–H groups in total. The van der Waals surface area contributed by atoms with Crippen LogP contribution in [0.4, 0.5) is 4.39 Å². The van der Waals surface area contributed by atoms with E-state index in [4.69, 9.17) is 4.74 Å². The Bertz CT molecular complexity index is 1070. The van der Waals surface area contributed by atoms with E-state index < -0.39 is 0 Å². The Kier molecular flexibility index (Phi) is 6.35. The molecule has 5 nitrogen and oxygen atoms in total. The highest BCUT2D eigenvalue weighted by Crippen LogP contribution is 2.34. The SMILES string of the molecule is CCOC(=O)C1CCN(C(=O)C[C@H](c2cccc(F)c2)c2c[nH]c3ccccc23)CC1. The topological polar surface area (TPSA) is 62.4 Å². The van der Waals surface area contributed by atoms with Gasteiger partial charge in [0.15, 0.2) is 0 Å². The fourth-order valence-electron chi connectivity index (χ4n) is 4.44. The van der Waals surface area contributed by atoms with Gasteiger partial charge in [-0.15, -0.1) is 0 Å². The fourth-order valence-corrected chi connectivity index (χ4v) is 4.44. The first kappa shape index (κ1) is 21.1. The number of para-hydroxylation sites is 1. The van der Waals surface area contributed by atoms with E-state index in [2.05, 4.69) is 4.98 Å². The van der Waals surface area contributed by atoms with Crippen molar-refractivity contribution in [3.8, 4) is 0 Å². The van der Waals surface area contributed by atoms with Crippen LogP contribution in [0.3, 0.4) is 0 Å². The normalized spacial score (nSPS) is 15.7. The molecule has 1 aliphatic heterocycles. The van der Waals surface area contributed by atoms with Crippen LogP contribution in [0.5, 0.6) is 0 Å². The summed E-state index contributed by atoms with van der Waals surface area (Å²) in [7, 11) is 0. The van der Waals surface area contributed by atoms with Gasteiger partial charge in [-0.05, 0) is 49.1 Å². The molecular weight excluding hydrogens is 395 g/mol. The zero-order valence-electron chi connectivity index (χ0n) is 17.6. The number of carbonyl (C=O) groups excluding carboxylic acids is 2. The van der Waals surface area contributed by atoms with Gasteiger partial charge in [-0.3, -0.25) is 9.59 Å². The van der Waals surface area contributed by atoms with E-state index in [1.165, 1.54) is 12.1 Å². The van der Waals surface area contributed by atoms with Crippen molar-refractivity contribution in [3.05, 3.63) is 71.7 Å². The second-order valence-electron chi connectivity index (χ2n) is 8.01. The van der Waals surface area contributed by atoms with Crippen LogP contribution in [0.25, 0.3) is 10.9 Å². The summed E-state index contributed by atoms with van der Waals surface area (Å²) in [6.07, 6.45) is 3.39. The summed E-state index contributed by atoms with van der Waals surface area (Å²) in [5.74, 6) is -0.878. The number of halogens is 1. The van der Waals surface area contributed by atoms with Gasteiger partial charge in [0, 0.05) is 42.5 Å². The predicted molar refractivity (Wildman–Crippen MR) is 117 cm³/mol. The van der Waals surface area contributed by atoms with Gasteiger partial charge in [-0.2, -0.15) is 0 Å². The van der Waals surface area contributed by atoms with E-state index >= 15 is 0 Å². The minimum atomic E-state index is -0.315. The maximum atomic E-state index is 14.0. The smallest absolute Gasteiger partial charge is 0.309 e. The lowest BCUT2D eigenvalue weighted by Gasteiger charge is -2.32.